The van der Waals surface area contributed by atoms with Gasteiger partial charge in [-0.2, -0.15) is 0 Å². The van der Waals surface area contributed by atoms with Gasteiger partial charge in [0.15, 0.2) is 0 Å². The van der Waals surface area contributed by atoms with Gasteiger partial charge in [-0.25, -0.2) is 12.7 Å². The van der Waals surface area contributed by atoms with Gasteiger partial charge >= 0.3 is 0 Å². The van der Waals surface area contributed by atoms with Crippen molar-refractivity contribution in [2.45, 2.75) is 37.8 Å². The Kier molecular flexibility index (Phi) is 7.14. The second kappa shape index (κ2) is 9.39. The summed E-state index contributed by atoms with van der Waals surface area (Å²) in [7, 11) is -1.33. The third kappa shape index (κ3) is 5.34. The van der Waals surface area contributed by atoms with Gasteiger partial charge in [0.2, 0.25) is 10.0 Å². The number of piperidine rings is 1. The number of aromatic nitrogens is 1. The van der Waals surface area contributed by atoms with Crippen LogP contribution in [-0.4, -0.2) is 85.8 Å². The van der Waals surface area contributed by atoms with Crippen LogP contribution >= 0.6 is 0 Å². The summed E-state index contributed by atoms with van der Waals surface area (Å²) in [5.41, 5.74) is 0.638. The molecule has 3 rings (SSSR count). The lowest BCUT2D eigenvalue weighted by Gasteiger charge is -2.43. The molecule has 2 fully saturated rings. The molecule has 0 spiro atoms. The number of rotatable bonds is 7. The molecule has 0 radical (unpaired) electrons. The monoisotopic (exact) mass is 412 g/mol. The number of hydrogen-bond acceptors (Lipinski definition) is 5. The normalized spacial score (nSPS) is 22.5. The average molecular weight is 413 g/mol. The molecule has 0 aromatic carbocycles. The highest BCUT2D eigenvalue weighted by Crippen LogP contribution is 2.24. The van der Waals surface area contributed by atoms with Gasteiger partial charge in [-0.1, -0.05) is 0 Å². The first-order valence-electron chi connectivity index (χ1n) is 10.0. The Hall–Kier alpha value is -1.42. The molecule has 1 atom stereocenters. The standard InChI is InChI=1S/C19H32N4O4S/c1-21-10-4-6-18(21)19(24)20-9-12-23(16-7-13-27-14-8-16)17-5-3-11-22(15-17)28(2,25)26/h4,6,10,16-17H,3,5,7-9,11-15H2,1-2H3,(H,20,24). The smallest absolute Gasteiger partial charge is 0.267 e. The van der Waals surface area contributed by atoms with Crippen molar-refractivity contribution < 1.29 is 17.9 Å². The summed E-state index contributed by atoms with van der Waals surface area (Å²) in [4.78, 5) is 14.8. The Balaban J connectivity index is 1.63. The van der Waals surface area contributed by atoms with Gasteiger partial charge in [-0.15, -0.1) is 0 Å². The second-order valence-electron chi connectivity index (χ2n) is 7.76. The third-order valence-electron chi connectivity index (χ3n) is 5.79. The van der Waals surface area contributed by atoms with E-state index in [1.54, 1.807) is 14.9 Å². The summed E-state index contributed by atoms with van der Waals surface area (Å²) in [6.45, 7) is 3.85. The van der Waals surface area contributed by atoms with Crippen LogP contribution in [0.25, 0.3) is 0 Å². The quantitative estimate of drug-likeness (QED) is 0.711. The van der Waals surface area contributed by atoms with Gasteiger partial charge in [0.05, 0.1) is 6.26 Å². The molecule has 2 saturated heterocycles. The summed E-state index contributed by atoms with van der Waals surface area (Å²) in [5, 5.41) is 3.01. The lowest BCUT2D eigenvalue weighted by molar-refractivity contribution is 0.00672. The molecule has 1 amide bonds. The van der Waals surface area contributed by atoms with Crippen LogP contribution in [0.15, 0.2) is 18.3 Å². The fraction of sp³-hybridized carbons (Fsp3) is 0.737. The molecule has 0 bridgehead atoms. The predicted octanol–water partition coefficient (Wildman–Crippen LogP) is 0.660. The molecule has 158 valence electrons. The lowest BCUT2D eigenvalue weighted by Crippen LogP contribution is -2.55. The maximum atomic E-state index is 12.4. The van der Waals surface area contributed by atoms with Gasteiger partial charge in [-0.05, 0) is 37.8 Å². The number of carbonyl (C=O) groups is 1. The Morgan fingerprint density at radius 2 is 2.04 bits per heavy atom. The van der Waals surface area contributed by atoms with Crippen LogP contribution in [0, 0.1) is 0 Å². The molecule has 2 aliphatic rings. The van der Waals surface area contributed by atoms with E-state index in [-0.39, 0.29) is 11.9 Å². The number of carbonyl (C=O) groups excluding carboxylic acids is 1. The number of nitrogens with zero attached hydrogens (tertiary/aromatic N) is 3. The summed E-state index contributed by atoms with van der Waals surface area (Å²) < 4.78 is 33.0. The van der Waals surface area contributed by atoms with Crippen LogP contribution < -0.4 is 5.32 Å². The first kappa shape index (κ1) is 21.3. The van der Waals surface area contributed by atoms with Gasteiger partial charge in [0, 0.05) is 64.7 Å². The molecule has 8 nitrogen and oxygen atoms in total. The minimum absolute atomic E-state index is 0.0826. The van der Waals surface area contributed by atoms with E-state index < -0.39 is 10.0 Å². The highest BCUT2D eigenvalue weighted by Gasteiger charge is 2.33. The molecule has 1 unspecified atom stereocenters. The summed E-state index contributed by atoms with van der Waals surface area (Å²) in [5.74, 6) is -0.0826. The molecule has 1 aromatic rings. The second-order valence-corrected chi connectivity index (χ2v) is 9.74. The third-order valence-corrected chi connectivity index (χ3v) is 7.06. The van der Waals surface area contributed by atoms with Gasteiger partial charge in [0.1, 0.15) is 5.69 Å². The number of amides is 1. The topological polar surface area (TPSA) is 83.9 Å². The predicted molar refractivity (Wildman–Crippen MR) is 108 cm³/mol. The Morgan fingerprint density at radius 1 is 1.29 bits per heavy atom. The number of hydrogen-bond donors (Lipinski definition) is 1. The summed E-state index contributed by atoms with van der Waals surface area (Å²) in [6.07, 6.45) is 6.88. The number of ether oxygens (including phenoxy) is 1. The van der Waals surface area contributed by atoms with E-state index in [0.717, 1.165) is 38.9 Å². The molecule has 1 N–H and O–H groups in total. The van der Waals surface area contributed by atoms with Crippen LogP contribution in [0.5, 0.6) is 0 Å². The van der Waals surface area contributed by atoms with E-state index >= 15 is 0 Å². The van der Waals surface area contributed by atoms with Crippen LogP contribution in [0.3, 0.4) is 0 Å². The molecule has 0 saturated carbocycles. The Morgan fingerprint density at radius 3 is 2.68 bits per heavy atom. The fourth-order valence-electron chi connectivity index (χ4n) is 4.26. The first-order valence-corrected chi connectivity index (χ1v) is 11.9. The lowest BCUT2D eigenvalue weighted by atomic mass is 9.99. The molecular weight excluding hydrogens is 380 g/mol. The van der Waals surface area contributed by atoms with Crippen molar-refractivity contribution >= 4 is 15.9 Å². The van der Waals surface area contributed by atoms with Crippen molar-refractivity contribution in [3.05, 3.63) is 24.0 Å². The van der Waals surface area contributed by atoms with Crippen molar-refractivity contribution in [3.63, 3.8) is 0 Å². The summed E-state index contributed by atoms with van der Waals surface area (Å²) >= 11 is 0. The van der Waals surface area contributed by atoms with Crippen molar-refractivity contribution in [2.75, 3.05) is 45.6 Å². The average Bonchev–Trinajstić information content (AvgIpc) is 3.11. The van der Waals surface area contributed by atoms with Crippen molar-refractivity contribution in [1.82, 2.24) is 19.1 Å². The van der Waals surface area contributed by atoms with E-state index in [0.29, 0.717) is 37.9 Å². The minimum atomic E-state index is -3.18. The number of aryl methyl sites for hydroxylation is 1. The molecule has 1 aromatic heterocycles. The van der Waals surface area contributed by atoms with Crippen molar-refractivity contribution in [1.29, 1.82) is 0 Å². The van der Waals surface area contributed by atoms with Crippen LogP contribution in [-0.2, 0) is 21.8 Å². The van der Waals surface area contributed by atoms with Gasteiger partial charge in [0.25, 0.3) is 5.91 Å². The van der Waals surface area contributed by atoms with Gasteiger partial charge in [-0.3, -0.25) is 9.69 Å². The van der Waals surface area contributed by atoms with E-state index in [2.05, 4.69) is 10.2 Å². The van der Waals surface area contributed by atoms with Crippen molar-refractivity contribution in [2.24, 2.45) is 7.05 Å². The maximum absolute atomic E-state index is 12.4. The SMILES string of the molecule is Cn1cccc1C(=O)NCCN(C1CCOCC1)C1CCCN(S(C)(=O)=O)C1. The molecule has 2 aliphatic heterocycles. The zero-order valence-corrected chi connectivity index (χ0v) is 17.7. The van der Waals surface area contributed by atoms with E-state index in [4.69, 9.17) is 4.74 Å². The van der Waals surface area contributed by atoms with E-state index in [1.807, 2.05) is 19.3 Å². The zero-order valence-electron chi connectivity index (χ0n) is 16.8. The van der Waals surface area contributed by atoms with E-state index in [9.17, 15) is 13.2 Å². The number of nitrogens with one attached hydrogen (secondary N) is 1. The highest BCUT2D eigenvalue weighted by molar-refractivity contribution is 7.88. The maximum Gasteiger partial charge on any atom is 0.267 e. The molecule has 0 aliphatic carbocycles. The van der Waals surface area contributed by atoms with Crippen LogP contribution in [0.2, 0.25) is 0 Å². The molecule has 3 heterocycles. The van der Waals surface area contributed by atoms with Crippen molar-refractivity contribution in [3.8, 4) is 0 Å². The van der Waals surface area contributed by atoms with Crippen LogP contribution in [0.1, 0.15) is 36.2 Å². The Bertz CT molecular complexity index is 758. The molecular formula is C19H32N4O4S. The zero-order chi connectivity index (χ0) is 20.1. The molecule has 28 heavy (non-hydrogen) atoms. The largest absolute Gasteiger partial charge is 0.381 e. The van der Waals surface area contributed by atoms with Gasteiger partial charge < -0.3 is 14.6 Å². The van der Waals surface area contributed by atoms with Crippen LogP contribution in [0.4, 0.5) is 0 Å². The number of sulfonamides is 1. The Labute approximate surface area is 167 Å². The first-order chi connectivity index (χ1) is 13.4. The van der Waals surface area contributed by atoms with E-state index in [1.165, 1.54) is 6.26 Å². The minimum Gasteiger partial charge on any atom is -0.381 e. The molecule has 9 heteroatoms. The fourth-order valence-corrected chi connectivity index (χ4v) is 5.16. The summed E-state index contributed by atoms with van der Waals surface area (Å²) in [6, 6.07) is 4.20. The highest BCUT2D eigenvalue weighted by atomic mass is 32.2.